The molecule has 0 amide bonds. The smallest absolute Gasteiger partial charge is 0.282 e. The van der Waals surface area contributed by atoms with Crippen molar-refractivity contribution in [3.8, 4) is 11.5 Å². The number of hydrogen-bond donors (Lipinski definition) is 0. The molecular formula is C25H20Br3N3O3. The zero-order chi connectivity index (χ0) is 24.4. The first kappa shape index (κ1) is 24.6. The molecule has 0 fully saturated rings. The SMILES string of the molecule is COc1cc(C=Nn2c(C)nc3ccc(Br)cc3c2=O)c(Br)c(Br)c1OCc1ccc(C)cc1. The molecule has 4 rings (SSSR count). The Kier molecular flexibility index (Phi) is 7.54. The average molecular weight is 650 g/mol. The number of hydrogen-bond acceptors (Lipinski definition) is 5. The molecule has 0 unspecified atom stereocenters. The molecule has 4 aromatic rings. The normalized spacial score (nSPS) is 11.4. The highest BCUT2D eigenvalue weighted by atomic mass is 79.9. The van der Waals surface area contributed by atoms with E-state index in [1.165, 1.54) is 10.2 Å². The molecule has 0 radical (unpaired) electrons. The van der Waals surface area contributed by atoms with Crippen LogP contribution in [0.3, 0.4) is 0 Å². The summed E-state index contributed by atoms with van der Waals surface area (Å²) < 4.78 is 15.1. The molecule has 0 N–H and O–H groups in total. The van der Waals surface area contributed by atoms with Gasteiger partial charge in [0, 0.05) is 14.5 Å². The summed E-state index contributed by atoms with van der Waals surface area (Å²) in [5.41, 5.74) is 3.31. The van der Waals surface area contributed by atoms with E-state index >= 15 is 0 Å². The molecule has 6 nitrogen and oxygen atoms in total. The predicted molar refractivity (Wildman–Crippen MR) is 145 cm³/mol. The average Bonchev–Trinajstić information content (AvgIpc) is 2.82. The van der Waals surface area contributed by atoms with Crippen molar-refractivity contribution in [2.75, 3.05) is 7.11 Å². The Labute approximate surface area is 222 Å². The van der Waals surface area contributed by atoms with Gasteiger partial charge < -0.3 is 9.47 Å². The number of benzene rings is 3. The van der Waals surface area contributed by atoms with Crippen LogP contribution < -0.4 is 15.0 Å². The summed E-state index contributed by atoms with van der Waals surface area (Å²) in [6, 6.07) is 15.3. The number of halogens is 3. The van der Waals surface area contributed by atoms with E-state index < -0.39 is 0 Å². The first-order valence-electron chi connectivity index (χ1n) is 10.3. The van der Waals surface area contributed by atoms with Gasteiger partial charge in [0.05, 0.1) is 28.7 Å². The lowest BCUT2D eigenvalue weighted by atomic mass is 10.1. The molecule has 0 bridgehead atoms. The molecular weight excluding hydrogens is 630 g/mol. The lowest BCUT2D eigenvalue weighted by molar-refractivity contribution is 0.282. The van der Waals surface area contributed by atoms with E-state index in [4.69, 9.17) is 9.47 Å². The summed E-state index contributed by atoms with van der Waals surface area (Å²) in [5, 5.41) is 4.90. The fourth-order valence-electron chi connectivity index (χ4n) is 3.34. The van der Waals surface area contributed by atoms with E-state index in [0.717, 1.165) is 14.5 Å². The third-order valence-corrected chi connectivity index (χ3v) is 7.80. The predicted octanol–water partition coefficient (Wildman–Crippen LogP) is 6.77. The van der Waals surface area contributed by atoms with Gasteiger partial charge in [-0.15, -0.1) is 0 Å². The van der Waals surface area contributed by atoms with Crippen LogP contribution in [0.4, 0.5) is 0 Å². The summed E-state index contributed by atoms with van der Waals surface area (Å²) >= 11 is 10.6. The van der Waals surface area contributed by atoms with Gasteiger partial charge in [-0.2, -0.15) is 9.78 Å². The molecule has 0 aliphatic heterocycles. The van der Waals surface area contributed by atoms with Crippen LogP contribution in [0.25, 0.3) is 10.9 Å². The molecule has 0 atom stereocenters. The maximum atomic E-state index is 13.0. The molecule has 0 aliphatic rings. The van der Waals surface area contributed by atoms with Gasteiger partial charge in [-0.1, -0.05) is 45.8 Å². The molecule has 0 aliphatic carbocycles. The highest BCUT2D eigenvalue weighted by Crippen LogP contribution is 2.42. The van der Waals surface area contributed by atoms with Crippen LogP contribution in [-0.2, 0) is 6.61 Å². The number of rotatable bonds is 6. The number of aryl methyl sites for hydroxylation is 2. The Bertz CT molecular complexity index is 1460. The minimum Gasteiger partial charge on any atom is -0.493 e. The van der Waals surface area contributed by atoms with E-state index in [2.05, 4.69) is 57.9 Å². The summed E-state index contributed by atoms with van der Waals surface area (Å²) in [6.07, 6.45) is 1.58. The van der Waals surface area contributed by atoms with E-state index in [0.29, 0.717) is 44.9 Å². The first-order valence-corrected chi connectivity index (χ1v) is 12.6. The standard InChI is InChI=1S/C25H20Br3N3O3/c1-14-4-6-16(7-5-14)13-34-24-21(33-3)10-17(22(27)23(24)28)12-29-31-15(2)30-20-9-8-18(26)11-19(20)25(31)32/h4-12H,13H2,1-3H3. The Morgan fingerprint density at radius 2 is 1.76 bits per heavy atom. The Hall–Kier alpha value is -2.49. The van der Waals surface area contributed by atoms with Gasteiger partial charge in [0.25, 0.3) is 5.56 Å². The van der Waals surface area contributed by atoms with Crippen LogP contribution in [0.2, 0.25) is 0 Å². The van der Waals surface area contributed by atoms with Crippen LogP contribution in [-0.4, -0.2) is 23.0 Å². The minimum atomic E-state index is -0.250. The zero-order valence-electron chi connectivity index (χ0n) is 18.6. The summed E-state index contributed by atoms with van der Waals surface area (Å²) in [4.78, 5) is 17.5. The second-order valence-electron chi connectivity index (χ2n) is 7.58. The molecule has 1 aromatic heterocycles. The third kappa shape index (κ3) is 5.11. The second kappa shape index (κ2) is 10.4. The quantitative estimate of drug-likeness (QED) is 0.216. The molecule has 3 aromatic carbocycles. The maximum Gasteiger partial charge on any atom is 0.282 e. The molecule has 34 heavy (non-hydrogen) atoms. The summed E-state index contributed by atoms with van der Waals surface area (Å²) in [5.74, 6) is 1.59. The second-order valence-corrected chi connectivity index (χ2v) is 10.1. The van der Waals surface area contributed by atoms with Crippen molar-refractivity contribution in [3.63, 3.8) is 0 Å². The van der Waals surface area contributed by atoms with Gasteiger partial charge in [0.1, 0.15) is 12.4 Å². The Morgan fingerprint density at radius 1 is 1.03 bits per heavy atom. The number of aromatic nitrogens is 2. The van der Waals surface area contributed by atoms with Gasteiger partial charge in [0.2, 0.25) is 0 Å². The van der Waals surface area contributed by atoms with Crippen molar-refractivity contribution in [2.24, 2.45) is 5.10 Å². The van der Waals surface area contributed by atoms with Crippen molar-refractivity contribution in [2.45, 2.75) is 20.5 Å². The van der Waals surface area contributed by atoms with Gasteiger partial charge in [-0.05, 0) is 75.5 Å². The lowest BCUT2D eigenvalue weighted by Crippen LogP contribution is -2.20. The van der Waals surface area contributed by atoms with Gasteiger partial charge in [-0.3, -0.25) is 4.79 Å². The minimum absolute atomic E-state index is 0.250. The van der Waals surface area contributed by atoms with Crippen LogP contribution >= 0.6 is 47.8 Å². The van der Waals surface area contributed by atoms with E-state index in [-0.39, 0.29) is 5.56 Å². The van der Waals surface area contributed by atoms with Crippen molar-refractivity contribution in [1.82, 2.24) is 9.66 Å². The molecule has 0 saturated carbocycles. The van der Waals surface area contributed by atoms with Crippen LogP contribution in [0.5, 0.6) is 11.5 Å². The lowest BCUT2D eigenvalue weighted by Gasteiger charge is -2.15. The fraction of sp³-hybridized carbons (Fsp3) is 0.160. The molecule has 1 heterocycles. The molecule has 0 spiro atoms. The van der Waals surface area contributed by atoms with Crippen molar-refractivity contribution in [1.29, 1.82) is 0 Å². The first-order chi connectivity index (χ1) is 16.3. The summed E-state index contributed by atoms with van der Waals surface area (Å²) in [6.45, 7) is 4.18. The van der Waals surface area contributed by atoms with Crippen molar-refractivity contribution < 1.29 is 9.47 Å². The number of fused-ring (bicyclic) bond motifs is 1. The number of nitrogens with zero attached hydrogens (tertiary/aromatic N) is 3. The third-order valence-electron chi connectivity index (χ3n) is 5.16. The topological polar surface area (TPSA) is 65.7 Å². The van der Waals surface area contributed by atoms with Crippen LogP contribution in [0.15, 0.2) is 71.8 Å². The Morgan fingerprint density at radius 3 is 2.47 bits per heavy atom. The summed E-state index contributed by atoms with van der Waals surface area (Å²) in [7, 11) is 1.58. The molecule has 9 heteroatoms. The van der Waals surface area contributed by atoms with Crippen LogP contribution in [0, 0.1) is 13.8 Å². The van der Waals surface area contributed by atoms with E-state index in [9.17, 15) is 4.79 Å². The largest absolute Gasteiger partial charge is 0.493 e. The van der Waals surface area contributed by atoms with E-state index in [1.807, 2.05) is 37.3 Å². The maximum absolute atomic E-state index is 13.0. The van der Waals surface area contributed by atoms with E-state index in [1.54, 1.807) is 38.4 Å². The molecule has 174 valence electrons. The van der Waals surface area contributed by atoms with Gasteiger partial charge in [0.15, 0.2) is 11.5 Å². The highest BCUT2D eigenvalue weighted by molar-refractivity contribution is 9.13. The van der Waals surface area contributed by atoms with Crippen molar-refractivity contribution >= 4 is 64.9 Å². The number of methoxy groups -OCH3 is 1. The van der Waals surface area contributed by atoms with Gasteiger partial charge >= 0.3 is 0 Å². The van der Waals surface area contributed by atoms with Crippen LogP contribution in [0.1, 0.15) is 22.5 Å². The van der Waals surface area contributed by atoms with Gasteiger partial charge in [-0.25, -0.2) is 4.98 Å². The molecule has 0 saturated heterocycles. The van der Waals surface area contributed by atoms with Crippen molar-refractivity contribution in [3.05, 3.63) is 94.8 Å². The zero-order valence-corrected chi connectivity index (χ0v) is 23.4. The Balaban J connectivity index is 1.68. The highest BCUT2D eigenvalue weighted by Gasteiger charge is 2.17. The fourth-order valence-corrected chi connectivity index (χ4v) is 4.64. The monoisotopic (exact) mass is 647 g/mol. The number of ether oxygens (including phenoxy) is 2.